The molecule has 0 fully saturated rings. The van der Waals surface area contributed by atoms with Gasteiger partial charge in [0, 0.05) is 54.9 Å². The lowest BCUT2D eigenvalue weighted by Gasteiger charge is -2.13. The number of fused-ring (bicyclic) bond motifs is 2. The maximum absolute atomic E-state index is 14.4. The third-order valence-corrected chi connectivity index (χ3v) is 6.59. The average Bonchev–Trinajstić information content (AvgIpc) is 3.52. The van der Waals surface area contributed by atoms with Gasteiger partial charge in [0.15, 0.2) is 0 Å². The number of anilines is 1. The molecule has 0 bridgehead atoms. The van der Waals surface area contributed by atoms with Crippen LogP contribution in [-0.4, -0.2) is 46.3 Å². The monoisotopic (exact) mass is 491 g/mol. The van der Waals surface area contributed by atoms with Gasteiger partial charge in [-0.3, -0.25) is 15.1 Å². The Morgan fingerprint density at radius 1 is 0.838 bits per heavy atom. The van der Waals surface area contributed by atoms with Gasteiger partial charge in [-0.25, -0.2) is 4.39 Å². The summed E-state index contributed by atoms with van der Waals surface area (Å²) in [6.07, 6.45) is 7.29. The molecule has 2 aromatic carbocycles. The first-order chi connectivity index (χ1) is 18.0. The van der Waals surface area contributed by atoms with Crippen molar-refractivity contribution < 1.29 is 4.39 Å². The third-order valence-electron chi connectivity index (χ3n) is 6.59. The summed E-state index contributed by atoms with van der Waals surface area (Å²) in [5, 5.41) is 12.8. The van der Waals surface area contributed by atoms with Crippen molar-refractivity contribution in [2.75, 3.05) is 26.0 Å². The standard InChI is InChI=1S/C29H26FN7/c1-31-12-17-6-19(8-21(30)7-17)25-15-33-16-28-23(25)11-27(34-28)29-24-10-18(4-5-26(24)35-36-29)20-9-22(37(2)3)14-32-13-20/h4-11,13-16,31,34H,12H2,1-3H3,(H,35,36). The van der Waals surface area contributed by atoms with Gasteiger partial charge in [-0.2, -0.15) is 5.10 Å². The third kappa shape index (κ3) is 4.21. The largest absolute Gasteiger partial charge is 0.376 e. The summed E-state index contributed by atoms with van der Waals surface area (Å²) >= 11 is 0. The number of benzene rings is 2. The first-order valence-electron chi connectivity index (χ1n) is 12.0. The minimum Gasteiger partial charge on any atom is -0.376 e. The van der Waals surface area contributed by atoms with Crippen LogP contribution in [0.3, 0.4) is 0 Å². The Morgan fingerprint density at radius 2 is 1.70 bits per heavy atom. The zero-order valence-corrected chi connectivity index (χ0v) is 20.8. The number of halogens is 1. The minimum atomic E-state index is -0.269. The van der Waals surface area contributed by atoms with Gasteiger partial charge in [-0.1, -0.05) is 6.07 Å². The Kier molecular flexibility index (Phi) is 5.65. The van der Waals surface area contributed by atoms with E-state index >= 15 is 0 Å². The topological polar surface area (TPSA) is 85.5 Å². The summed E-state index contributed by atoms with van der Waals surface area (Å²) in [4.78, 5) is 14.3. The molecule has 8 heteroatoms. The Labute approximate surface area is 213 Å². The fourth-order valence-corrected chi connectivity index (χ4v) is 4.75. The fraction of sp³-hybridized carbons (Fsp3) is 0.138. The van der Waals surface area contributed by atoms with Crippen molar-refractivity contribution in [1.29, 1.82) is 0 Å². The maximum Gasteiger partial charge on any atom is 0.124 e. The molecule has 0 amide bonds. The number of aromatic amines is 2. The minimum absolute atomic E-state index is 0.269. The summed E-state index contributed by atoms with van der Waals surface area (Å²) in [5.74, 6) is -0.269. The highest BCUT2D eigenvalue weighted by atomic mass is 19.1. The number of nitrogens with zero attached hydrogens (tertiary/aromatic N) is 4. The molecule has 6 aromatic rings. The van der Waals surface area contributed by atoms with E-state index in [2.05, 4.69) is 54.7 Å². The van der Waals surface area contributed by atoms with Gasteiger partial charge in [0.25, 0.3) is 0 Å². The van der Waals surface area contributed by atoms with Crippen molar-refractivity contribution in [2.24, 2.45) is 0 Å². The van der Waals surface area contributed by atoms with Crippen molar-refractivity contribution in [3.63, 3.8) is 0 Å². The molecule has 0 aliphatic rings. The molecule has 4 aromatic heterocycles. The van der Waals surface area contributed by atoms with Gasteiger partial charge in [-0.15, -0.1) is 0 Å². The predicted molar refractivity (Wildman–Crippen MR) is 147 cm³/mol. The number of aromatic nitrogens is 5. The zero-order valence-electron chi connectivity index (χ0n) is 20.8. The van der Waals surface area contributed by atoms with Crippen LogP contribution < -0.4 is 10.2 Å². The number of pyridine rings is 2. The summed E-state index contributed by atoms with van der Waals surface area (Å²) in [6.45, 7) is 0.584. The Balaban J connectivity index is 1.46. The second kappa shape index (κ2) is 9.15. The van der Waals surface area contributed by atoms with Crippen LogP contribution in [0, 0.1) is 5.82 Å². The van der Waals surface area contributed by atoms with Gasteiger partial charge in [0.05, 0.1) is 34.8 Å². The lowest BCUT2D eigenvalue weighted by molar-refractivity contribution is 0.624. The van der Waals surface area contributed by atoms with Crippen LogP contribution in [0.15, 0.2) is 73.3 Å². The SMILES string of the molecule is CNCc1cc(F)cc(-c2cncc3[nH]c(-c4n[nH]c5ccc(-c6cncc(N(C)C)c6)cc45)cc23)c1. The van der Waals surface area contributed by atoms with Crippen molar-refractivity contribution in [3.05, 3.63) is 84.7 Å². The fourth-order valence-electron chi connectivity index (χ4n) is 4.75. The Morgan fingerprint density at radius 3 is 2.54 bits per heavy atom. The number of hydrogen-bond acceptors (Lipinski definition) is 5. The van der Waals surface area contributed by atoms with E-state index in [4.69, 9.17) is 0 Å². The molecule has 184 valence electrons. The molecule has 7 nitrogen and oxygen atoms in total. The number of hydrogen-bond donors (Lipinski definition) is 3. The van der Waals surface area contributed by atoms with E-state index < -0.39 is 0 Å². The van der Waals surface area contributed by atoms with E-state index in [1.807, 2.05) is 50.6 Å². The quantitative estimate of drug-likeness (QED) is 0.276. The zero-order chi connectivity index (χ0) is 25.5. The van der Waals surface area contributed by atoms with Crippen LogP contribution in [0.5, 0.6) is 0 Å². The molecule has 0 aliphatic carbocycles. The molecule has 0 unspecified atom stereocenters. The van der Waals surface area contributed by atoms with Crippen LogP contribution >= 0.6 is 0 Å². The normalized spacial score (nSPS) is 11.5. The smallest absolute Gasteiger partial charge is 0.124 e. The first-order valence-corrected chi connectivity index (χ1v) is 12.0. The molecule has 4 heterocycles. The van der Waals surface area contributed by atoms with Gasteiger partial charge < -0.3 is 15.2 Å². The van der Waals surface area contributed by atoms with E-state index in [9.17, 15) is 4.39 Å². The van der Waals surface area contributed by atoms with Gasteiger partial charge in [0.2, 0.25) is 0 Å². The predicted octanol–water partition coefficient (Wildman–Crippen LogP) is 5.76. The van der Waals surface area contributed by atoms with E-state index in [1.54, 1.807) is 24.5 Å². The summed E-state index contributed by atoms with van der Waals surface area (Å²) in [7, 11) is 5.85. The van der Waals surface area contributed by atoms with Gasteiger partial charge in [0.1, 0.15) is 11.5 Å². The molecule has 6 rings (SSSR count). The first kappa shape index (κ1) is 22.9. The Hall–Kier alpha value is -4.56. The highest BCUT2D eigenvalue weighted by Gasteiger charge is 2.15. The number of nitrogens with one attached hydrogen (secondary N) is 3. The molecule has 0 saturated carbocycles. The van der Waals surface area contributed by atoms with E-state index in [-0.39, 0.29) is 5.82 Å². The molecule has 0 saturated heterocycles. The Bertz CT molecular complexity index is 1750. The van der Waals surface area contributed by atoms with Crippen LogP contribution in [0.2, 0.25) is 0 Å². The molecule has 0 atom stereocenters. The highest BCUT2D eigenvalue weighted by molar-refractivity contribution is 6.01. The van der Waals surface area contributed by atoms with E-state index in [1.165, 1.54) is 0 Å². The summed E-state index contributed by atoms with van der Waals surface area (Å²) < 4.78 is 14.4. The van der Waals surface area contributed by atoms with Crippen molar-refractivity contribution in [2.45, 2.75) is 6.54 Å². The summed E-state index contributed by atoms with van der Waals surface area (Å²) in [5.41, 5.74) is 9.13. The molecular weight excluding hydrogens is 465 g/mol. The molecule has 0 radical (unpaired) electrons. The molecular formula is C29H26FN7. The van der Waals surface area contributed by atoms with Crippen LogP contribution in [0.25, 0.3) is 55.4 Å². The molecule has 0 aliphatic heterocycles. The van der Waals surface area contributed by atoms with Crippen molar-refractivity contribution >= 4 is 27.5 Å². The number of H-pyrrole nitrogens is 2. The maximum atomic E-state index is 14.4. The van der Waals surface area contributed by atoms with Crippen LogP contribution in [-0.2, 0) is 6.54 Å². The lowest BCUT2D eigenvalue weighted by Crippen LogP contribution is -2.08. The molecule has 0 spiro atoms. The second-order valence-electron chi connectivity index (χ2n) is 9.37. The van der Waals surface area contributed by atoms with Gasteiger partial charge >= 0.3 is 0 Å². The van der Waals surface area contributed by atoms with E-state index in [0.717, 1.165) is 66.7 Å². The highest BCUT2D eigenvalue weighted by Crippen LogP contribution is 2.35. The molecule has 37 heavy (non-hydrogen) atoms. The lowest BCUT2D eigenvalue weighted by atomic mass is 10.0. The van der Waals surface area contributed by atoms with Crippen LogP contribution in [0.1, 0.15) is 5.56 Å². The summed E-state index contributed by atoms with van der Waals surface area (Å²) in [6, 6.07) is 15.5. The van der Waals surface area contributed by atoms with E-state index in [0.29, 0.717) is 6.54 Å². The van der Waals surface area contributed by atoms with Gasteiger partial charge in [-0.05, 0) is 66.2 Å². The molecule has 3 N–H and O–H groups in total. The second-order valence-corrected chi connectivity index (χ2v) is 9.37. The van der Waals surface area contributed by atoms with Crippen LogP contribution in [0.4, 0.5) is 10.1 Å². The van der Waals surface area contributed by atoms with Crippen molar-refractivity contribution in [3.8, 4) is 33.6 Å². The average molecular weight is 492 g/mol. The van der Waals surface area contributed by atoms with Crippen molar-refractivity contribution in [1.82, 2.24) is 30.5 Å². The number of rotatable bonds is 6.